The third-order valence-corrected chi connectivity index (χ3v) is 2.41. The standard InChI is InChI=1S/C10H11FO4/c1-4-5(2)7(11)9(15-10(13)14)8(12)6(4)3/h12H,1-3H3,(H,13,14). The summed E-state index contributed by atoms with van der Waals surface area (Å²) in [5, 5.41) is 17.9. The number of ether oxygens (including phenoxy) is 1. The molecule has 0 unspecified atom stereocenters. The van der Waals surface area contributed by atoms with Gasteiger partial charge < -0.3 is 14.9 Å². The zero-order valence-electron chi connectivity index (χ0n) is 8.59. The highest BCUT2D eigenvalue weighted by Crippen LogP contribution is 2.37. The van der Waals surface area contributed by atoms with Gasteiger partial charge in [-0.1, -0.05) is 0 Å². The Morgan fingerprint density at radius 2 is 1.73 bits per heavy atom. The van der Waals surface area contributed by atoms with E-state index in [0.29, 0.717) is 11.1 Å². The van der Waals surface area contributed by atoms with Crippen molar-refractivity contribution in [1.82, 2.24) is 0 Å². The largest absolute Gasteiger partial charge is 0.511 e. The maximum absolute atomic E-state index is 13.5. The Kier molecular flexibility index (Phi) is 2.83. The van der Waals surface area contributed by atoms with Crippen molar-refractivity contribution < 1.29 is 24.1 Å². The van der Waals surface area contributed by atoms with Crippen molar-refractivity contribution in [1.29, 1.82) is 0 Å². The van der Waals surface area contributed by atoms with Crippen LogP contribution in [0.15, 0.2) is 0 Å². The Labute approximate surface area is 85.9 Å². The first-order chi connectivity index (χ1) is 6.86. The molecule has 0 radical (unpaired) electrons. The van der Waals surface area contributed by atoms with Gasteiger partial charge in [0.25, 0.3) is 0 Å². The van der Waals surface area contributed by atoms with Crippen LogP contribution in [0.4, 0.5) is 9.18 Å². The van der Waals surface area contributed by atoms with Crippen LogP contribution in [0.1, 0.15) is 16.7 Å². The van der Waals surface area contributed by atoms with Gasteiger partial charge in [-0.2, -0.15) is 0 Å². The van der Waals surface area contributed by atoms with Crippen molar-refractivity contribution in [3.63, 3.8) is 0 Å². The van der Waals surface area contributed by atoms with Gasteiger partial charge in [-0.25, -0.2) is 9.18 Å². The fourth-order valence-electron chi connectivity index (χ4n) is 1.25. The topological polar surface area (TPSA) is 66.8 Å². The van der Waals surface area contributed by atoms with Gasteiger partial charge >= 0.3 is 6.16 Å². The summed E-state index contributed by atoms with van der Waals surface area (Å²) in [5.41, 5.74) is 1.24. The highest BCUT2D eigenvalue weighted by atomic mass is 19.1. The van der Waals surface area contributed by atoms with Crippen LogP contribution < -0.4 is 4.74 Å². The minimum Gasteiger partial charge on any atom is -0.504 e. The van der Waals surface area contributed by atoms with Gasteiger partial charge in [-0.05, 0) is 37.5 Å². The summed E-state index contributed by atoms with van der Waals surface area (Å²) in [6, 6.07) is 0. The number of phenols is 1. The lowest BCUT2D eigenvalue weighted by atomic mass is 10.0. The average molecular weight is 214 g/mol. The van der Waals surface area contributed by atoms with Crippen molar-refractivity contribution in [3.05, 3.63) is 22.5 Å². The molecule has 0 fully saturated rings. The van der Waals surface area contributed by atoms with E-state index in [1.165, 1.54) is 6.92 Å². The summed E-state index contributed by atoms with van der Waals surface area (Å²) in [5.74, 6) is -1.96. The first-order valence-electron chi connectivity index (χ1n) is 4.25. The number of aromatic hydroxyl groups is 1. The molecule has 0 aromatic heterocycles. The van der Waals surface area contributed by atoms with Crippen LogP contribution in [0.5, 0.6) is 11.5 Å². The predicted molar refractivity (Wildman–Crippen MR) is 50.9 cm³/mol. The highest BCUT2D eigenvalue weighted by Gasteiger charge is 2.20. The number of halogens is 1. The lowest BCUT2D eigenvalue weighted by molar-refractivity contribution is 0.140. The van der Waals surface area contributed by atoms with Gasteiger partial charge in [0.15, 0.2) is 11.6 Å². The van der Waals surface area contributed by atoms with Gasteiger partial charge in [0.05, 0.1) is 0 Å². The van der Waals surface area contributed by atoms with E-state index in [2.05, 4.69) is 4.74 Å². The van der Waals surface area contributed by atoms with Crippen molar-refractivity contribution >= 4 is 6.16 Å². The molecule has 0 atom stereocenters. The molecule has 4 nitrogen and oxygen atoms in total. The zero-order valence-corrected chi connectivity index (χ0v) is 8.59. The molecule has 0 amide bonds. The van der Waals surface area contributed by atoms with Crippen LogP contribution in [0, 0.1) is 26.6 Å². The van der Waals surface area contributed by atoms with E-state index in [9.17, 15) is 14.3 Å². The van der Waals surface area contributed by atoms with E-state index in [4.69, 9.17) is 5.11 Å². The second-order valence-electron chi connectivity index (χ2n) is 3.23. The molecule has 0 saturated carbocycles. The SMILES string of the molecule is Cc1c(C)c(O)c(OC(=O)O)c(F)c1C. The number of hydrogen-bond acceptors (Lipinski definition) is 3. The minimum absolute atomic E-state index is 0.265. The molecule has 82 valence electrons. The fraction of sp³-hybridized carbons (Fsp3) is 0.300. The molecule has 0 heterocycles. The van der Waals surface area contributed by atoms with Crippen molar-refractivity contribution in [3.8, 4) is 11.5 Å². The highest BCUT2D eigenvalue weighted by molar-refractivity contribution is 5.65. The molecule has 0 aliphatic rings. The van der Waals surface area contributed by atoms with E-state index in [-0.39, 0.29) is 5.56 Å². The van der Waals surface area contributed by atoms with Crippen LogP contribution in [0.2, 0.25) is 0 Å². The Morgan fingerprint density at radius 1 is 1.20 bits per heavy atom. The summed E-state index contributed by atoms with van der Waals surface area (Å²) in [7, 11) is 0. The second-order valence-corrected chi connectivity index (χ2v) is 3.23. The summed E-state index contributed by atoms with van der Waals surface area (Å²) in [4.78, 5) is 10.3. The second kappa shape index (κ2) is 3.76. The summed E-state index contributed by atoms with van der Waals surface area (Å²) < 4.78 is 17.7. The molecule has 0 aliphatic carbocycles. The minimum atomic E-state index is -1.66. The lowest BCUT2D eigenvalue weighted by Gasteiger charge is -2.12. The smallest absolute Gasteiger partial charge is 0.504 e. The number of rotatable bonds is 1. The van der Waals surface area contributed by atoms with Crippen LogP contribution in [0.3, 0.4) is 0 Å². The maximum Gasteiger partial charge on any atom is 0.511 e. The molecule has 5 heteroatoms. The molecule has 1 aromatic rings. The Hall–Kier alpha value is -1.78. The van der Waals surface area contributed by atoms with Gasteiger partial charge in [0.1, 0.15) is 0 Å². The third kappa shape index (κ3) is 1.86. The summed E-state index contributed by atoms with van der Waals surface area (Å²) >= 11 is 0. The number of phenolic OH excluding ortho intramolecular Hbond substituents is 1. The van der Waals surface area contributed by atoms with E-state index in [0.717, 1.165) is 0 Å². The van der Waals surface area contributed by atoms with Gasteiger partial charge in [-0.3, -0.25) is 0 Å². The van der Waals surface area contributed by atoms with Crippen LogP contribution in [0.25, 0.3) is 0 Å². The van der Waals surface area contributed by atoms with Crippen LogP contribution in [-0.2, 0) is 0 Å². The van der Waals surface area contributed by atoms with E-state index >= 15 is 0 Å². The number of carboxylic acid groups (broad SMARTS) is 1. The van der Waals surface area contributed by atoms with Crippen molar-refractivity contribution in [2.45, 2.75) is 20.8 Å². The summed E-state index contributed by atoms with van der Waals surface area (Å²) in [6.07, 6.45) is -1.66. The molecule has 0 bridgehead atoms. The Morgan fingerprint density at radius 3 is 2.20 bits per heavy atom. The number of benzene rings is 1. The molecule has 0 saturated heterocycles. The van der Waals surface area contributed by atoms with E-state index < -0.39 is 23.5 Å². The van der Waals surface area contributed by atoms with Gasteiger partial charge in [0, 0.05) is 0 Å². The fourth-order valence-corrected chi connectivity index (χ4v) is 1.25. The Balaban J connectivity index is 3.45. The number of carbonyl (C=O) groups is 1. The normalized spacial score (nSPS) is 10.1. The first-order valence-corrected chi connectivity index (χ1v) is 4.25. The van der Waals surface area contributed by atoms with E-state index in [1.807, 2.05) is 0 Å². The molecule has 15 heavy (non-hydrogen) atoms. The molecular weight excluding hydrogens is 203 g/mol. The maximum atomic E-state index is 13.5. The lowest BCUT2D eigenvalue weighted by Crippen LogP contribution is -2.07. The molecule has 1 aromatic carbocycles. The van der Waals surface area contributed by atoms with Crippen LogP contribution >= 0.6 is 0 Å². The van der Waals surface area contributed by atoms with Crippen LogP contribution in [-0.4, -0.2) is 16.4 Å². The molecule has 0 aliphatic heterocycles. The number of hydrogen-bond donors (Lipinski definition) is 2. The average Bonchev–Trinajstić information content (AvgIpc) is 2.18. The molecule has 1 rings (SSSR count). The predicted octanol–water partition coefficient (Wildman–Crippen LogP) is 2.51. The van der Waals surface area contributed by atoms with Gasteiger partial charge in [0.2, 0.25) is 5.75 Å². The molecule has 2 N–H and O–H groups in total. The van der Waals surface area contributed by atoms with Crippen molar-refractivity contribution in [2.75, 3.05) is 0 Å². The molecule has 0 spiro atoms. The van der Waals surface area contributed by atoms with Gasteiger partial charge in [-0.15, -0.1) is 0 Å². The zero-order chi connectivity index (χ0) is 11.7. The monoisotopic (exact) mass is 214 g/mol. The summed E-state index contributed by atoms with van der Waals surface area (Å²) in [6.45, 7) is 4.69. The van der Waals surface area contributed by atoms with Crippen molar-refractivity contribution in [2.24, 2.45) is 0 Å². The quantitative estimate of drug-likeness (QED) is 0.556. The molecular formula is C10H11FO4. The van der Waals surface area contributed by atoms with E-state index in [1.54, 1.807) is 13.8 Å². The first kappa shape index (κ1) is 11.3. The third-order valence-electron chi connectivity index (χ3n) is 2.41. The Bertz CT molecular complexity index is 397.